The van der Waals surface area contributed by atoms with Crippen LogP contribution in [0.3, 0.4) is 0 Å². The van der Waals surface area contributed by atoms with Crippen LogP contribution in [0.4, 0.5) is 0 Å². The van der Waals surface area contributed by atoms with E-state index in [0.717, 1.165) is 0 Å². The van der Waals surface area contributed by atoms with Crippen LogP contribution in [0.1, 0.15) is 29.8 Å². The van der Waals surface area contributed by atoms with Gasteiger partial charge in [-0.1, -0.05) is 47.1 Å². The number of rotatable bonds is 10. The van der Waals surface area contributed by atoms with Crippen LogP contribution in [-0.4, -0.2) is 36.3 Å². The quantitative estimate of drug-likeness (QED) is 0.189. The Morgan fingerprint density at radius 3 is 2.29 bits per heavy atom. The predicted octanol–water partition coefficient (Wildman–Crippen LogP) is 5.00. The van der Waals surface area contributed by atoms with Crippen LogP contribution >= 0.6 is 19.2 Å². The summed E-state index contributed by atoms with van der Waals surface area (Å²) in [6.45, 7) is 3.13. The van der Waals surface area contributed by atoms with E-state index in [1.807, 2.05) is 0 Å². The van der Waals surface area contributed by atoms with Gasteiger partial charge in [-0.05, 0) is 32.0 Å². The SMILES string of the molecule is CCOP(=O)(OCC)C(=NO)c1ccccc1C(=O)COc1cccc(Cl)c1. The number of hydrogen-bond donors (Lipinski definition) is 1. The van der Waals surface area contributed by atoms with Gasteiger partial charge in [0.05, 0.1) is 13.2 Å². The Balaban J connectivity index is 2.32. The maximum atomic E-state index is 13.0. The first kappa shape index (κ1) is 22.1. The lowest BCUT2D eigenvalue weighted by Crippen LogP contribution is -2.18. The monoisotopic (exact) mass is 425 g/mol. The zero-order chi connectivity index (χ0) is 20.6. The molecule has 0 aromatic heterocycles. The second kappa shape index (κ2) is 10.4. The van der Waals surface area contributed by atoms with Crippen LogP contribution in [0.25, 0.3) is 0 Å². The number of ether oxygens (including phenoxy) is 1. The Morgan fingerprint density at radius 2 is 1.71 bits per heavy atom. The summed E-state index contributed by atoms with van der Waals surface area (Å²) in [6.07, 6.45) is 0. The van der Waals surface area contributed by atoms with Crippen molar-refractivity contribution in [3.63, 3.8) is 0 Å². The van der Waals surface area contributed by atoms with Gasteiger partial charge in [0.25, 0.3) is 0 Å². The molecular weight excluding hydrogens is 405 g/mol. The molecule has 0 heterocycles. The lowest BCUT2D eigenvalue weighted by molar-refractivity contribution is 0.0921. The molecule has 28 heavy (non-hydrogen) atoms. The molecule has 0 unspecified atom stereocenters. The molecule has 0 saturated carbocycles. The van der Waals surface area contributed by atoms with Crippen molar-refractivity contribution in [3.05, 3.63) is 64.7 Å². The summed E-state index contributed by atoms with van der Waals surface area (Å²) >= 11 is 5.91. The first-order valence-corrected chi connectivity index (χ1v) is 10.5. The Hall–Kier alpha value is -2.18. The van der Waals surface area contributed by atoms with Gasteiger partial charge in [0, 0.05) is 16.1 Å². The molecule has 2 rings (SSSR count). The van der Waals surface area contributed by atoms with Gasteiger partial charge >= 0.3 is 7.60 Å². The van der Waals surface area contributed by atoms with Crippen molar-refractivity contribution in [2.45, 2.75) is 13.8 Å². The summed E-state index contributed by atoms with van der Waals surface area (Å²) in [4.78, 5) is 12.7. The van der Waals surface area contributed by atoms with E-state index in [-0.39, 0.29) is 36.4 Å². The Kier molecular flexibility index (Phi) is 8.20. The minimum Gasteiger partial charge on any atom is -0.485 e. The number of oxime groups is 1. The minimum atomic E-state index is -3.91. The second-order valence-electron chi connectivity index (χ2n) is 5.47. The second-order valence-corrected chi connectivity index (χ2v) is 7.84. The van der Waals surface area contributed by atoms with Gasteiger partial charge in [0.15, 0.2) is 12.1 Å². The Labute approximate surface area is 168 Å². The molecule has 2 aromatic carbocycles. The topological polar surface area (TPSA) is 94.4 Å². The summed E-state index contributed by atoms with van der Waals surface area (Å²) in [7, 11) is -3.91. The van der Waals surface area contributed by atoms with Crippen molar-refractivity contribution in [1.82, 2.24) is 0 Å². The van der Waals surface area contributed by atoms with Crippen LogP contribution < -0.4 is 4.74 Å². The standard InChI is InChI=1S/C19H21ClNO6P/c1-3-26-28(24,27-4-2)19(21-23)17-11-6-5-10-16(17)18(22)13-25-15-9-7-8-14(20)12-15/h5-12,23H,3-4,13H2,1-2H3. The van der Waals surface area contributed by atoms with E-state index in [4.69, 9.17) is 25.4 Å². The van der Waals surface area contributed by atoms with Gasteiger partial charge in [-0.3, -0.25) is 9.36 Å². The third kappa shape index (κ3) is 5.42. The highest BCUT2D eigenvalue weighted by Crippen LogP contribution is 2.52. The third-order valence-corrected chi connectivity index (χ3v) is 5.87. The van der Waals surface area contributed by atoms with Crippen LogP contribution in [0, 0.1) is 0 Å². The normalized spacial score (nSPS) is 12.0. The summed E-state index contributed by atoms with van der Waals surface area (Å²) < 4.78 is 29.0. The van der Waals surface area contributed by atoms with Gasteiger partial charge in [0.2, 0.25) is 5.78 Å². The molecule has 0 radical (unpaired) electrons. The fourth-order valence-corrected chi connectivity index (χ4v) is 4.24. The first-order valence-electron chi connectivity index (χ1n) is 8.57. The van der Waals surface area contributed by atoms with E-state index in [0.29, 0.717) is 10.8 Å². The average molecular weight is 426 g/mol. The molecule has 0 saturated heterocycles. The third-order valence-electron chi connectivity index (χ3n) is 3.59. The summed E-state index contributed by atoms with van der Waals surface area (Å²) in [5.74, 6) is 0.0277. The Morgan fingerprint density at radius 1 is 1.07 bits per heavy atom. The molecule has 2 aromatic rings. The fourth-order valence-electron chi connectivity index (χ4n) is 2.46. The fraction of sp³-hybridized carbons (Fsp3) is 0.263. The maximum Gasteiger partial charge on any atom is 0.383 e. The van der Waals surface area contributed by atoms with Crippen LogP contribution in [0.15, 0.2) is 53.7 Å². The van der Waals surface area contributed by atoms with Gasteiger partial charge in [-0.15, -0.1) is 0 Å². The number of carbonyl (C=O) groups excluding carboxylic acids is 1. The number of nitrogens with zero attached hydrogens (tertiary/aromatic N) is 1. The summed E-state index contributed by atoms with van der Waals surface area (Å²) in [5.41, 5.74) is -0.0187. The molecule has 0 fully saturated rings. The molecule has 0 aliphatic rings. The molecule has 0 spiro atoms. The highest BCUT2D eigenvalue weighted by Gasteiger charge is 2.35. The maximum absolute atomic E-state index is 13.0. The van der Waals surface area contributed by atoms with Gasteiger partial charge < -0.3 is 19.0 Å². The van der Waals surface area contributed by atoms with E-state index in [9.17, 15) is 14.6 Å². The van der Waals surface area contributed by atoms with Gasteiger partial charge in [-0.25, -0.2) is 0 Å². The van der Waals surface area contributed by atoms with Crippen molar-refractivity contribution in [2.24, 2.45) is 5.16 Å². The zero-order valence-electron chi connectivity index (χ0n) is 15.5. The van der Waals surface area contributed by atoms with Crippen LogP contribution in [0.5, 0.6) is 5.75 Å². The Bertz CT molecular complexity index is 891. The predicted molar refractivity (Wildman–Crippen MR) is 107 cm³/mol. The number of benzene rings is 2. The van der Waals surface area contributed by atoms with Gasteiger partial charge in [-0.2, -0.15) is 0 Å². The summed E-state index contributed by atoms with van der Waals surface area (Å²) in [6, 6.07) is 12.9. The zero-order valence-corrected chi connectivity index (χ0v) is 17.2. The highest BCUT2D eigenvalue weighted by molar-refractivity contribution is 7.73. The molecule has 1 N–H and O–H groups in total. The highest BCUT2D eigenvalue weighted by atomic mass is 35.5. The van der Waals surface area contributed by atoms with Crippen molar-refractivity contribution in [1.29, 1.82) is 0 Å². The average Bonchev–Trinajstić information content (AvgIpc) is 2.67. The molecule has 150 valence electrons. The number of halogens is 1. The van der Waals surface area contributed by atoms with Crippen molar-refractivity contribution in [3.8, 4) is 5.75 Å². The molecular formula is C19H21ClNO6P. The largest absolute Gasteiger partial charge is 0.485 e. The molecule has 0 atom stereocenters. The van der Waals surface area contributed by atoms with E-state index < -0.39 is 13.4 Å². The minimum absolute atomic E-state index is 0.0737. The number of ketones is 1. The number of Topliss-reactive ketones (excluding diaryl/α,β-unsaturated/α-hetero) is 1. The van der Waals surface area contributed by atoms with Crippen molar-refractivity contribution < 1.29 is 28.4 Å². The lowest BCUT2D eigenvalue weighted by atomic mass is 10.0. The van der Waals surface area contributed by atoms with E-state index in [1.54, 1.807) is 50.2 Å². The van der Waals surface area contributed by atoms with Crippen LogP contribution in [-0.2, 0) is 13.6 Å². The smallest absolute Gasteiger partial charge is 0.383 e. The molecule has 0 amide bonds. The molecule has 0 aliphatic heterocycles. The molecule has 0 bridgehead atoms. The first-order chi connectivity index (χ1) is 13.4. The lowest BCUT2D eigenvalue weighted by Gasteiger charge is -2.19. The number of hydrogen-bond acceptors (Lipinski definition) is 7. The summed E-state index contributed by atoms with van der Waals surface area (Å²) in [5, 5.41) is 13.1. The van der Waals surface area contributed by atoms with Crippen LogP contribution in [0.2, 0.25) is 5.02 Å². The molecule has 7 nitrogen and oxygen atoms in total. The van der Waals surface area contributed by atoms with Crippen molar-refractivity contribution >= 4 is 30.4 Å². The van der Waals surface area contributed by atoms with E-state index in [2.05, 4.69) is 5.16 Å². The van der Waals surface area contributed by atoms with Crippen molar-refractivity contribution in [2.75, 3.05) is 19.8 Å². The van der Waals surface area contributed by atoms with Gasteiger partial charge in [0.1, 0.15) is 5.75 Å². The number of carbonyl (C=O) groups is 1. The molecule has 9 heteroatoms. The van der Waals surface area contributed by atoms with E-state index in [1.165, 1.54) is 12.1 Å². The molecule has 0 aliphatic carbocycles. The van der Waals surface area contributed by atoms with E-state index >= 15 is 0 Å².